The van der Waals surface area contributed by atoms with E-state index in [0.717, 1.165) is 0 Å². The molecule has 0 spiro atoms. The molecule has 4 N–H and O–H groups in total. The number of rotatable bonds is 9. The molecular weight excluding hydrogens is 382 g/mol. The highest BCUT2D eigenvalue weighted by molar-refractivity contribution is 5.90. The zero-order valence-corrected chi connectivity index (χ0v) is 16.5. The average molecular weight is 409 g/mol. The number of benzene rings is 1. The van der Waals surface area contributed by atoms with Crippen LogP contribution in [0.2, 0.25) is 0 Å². The maximum Gasteiger partial charge on any atom is 0.329 e. The highest BCUT2D eigenvalue weighted by Gasteiger charge is 2.31. The Morgan fingerprint density at radius 3 is 2.34 bits per heavy atom. The fourth-order valence-corrected chi connectivity index (χ4v) is 2.86. The summed E-state index contributed by atoms with van der Waals surface area (Å²) in [5, 5.41) is 24.7. The predicted octanol–water partition coefficient (Wildman–Crippen LogP) is -0.865. The molecule has 1 aromatic rings. The summed E-state index contributed by atoms with van der Waals surface area (Å²) in [5.74, 6) is -1.90. The first-order valence-corrected chi connectivity index (χ1v) is 9.26. The van der Waals surface area contributed by atoms with Gasteiger partial charge in [-0.05, 0) is 24.6 Å². The minimum atomic E-state index is -1.57. The van der Waals surface area contributed by atoms with Gasteiger partial charge in [-0.2, -0.15) is 0 Å². The first-order chi connectivity index (χ1) is 13.8. The number of nitrogens with one attached hydrogen (secondary N) is 2. The lowest BCUT2D eigenvalue weighted by Gasteiger charge is -2.27. The number of aliphatic hydroxyl groups is 1. The average Bonchev–Trinajstić information content (AvgIpc) is 2.71. The SMILES string of the molecule is COc1ccc([C@@H](O)[C@@H](NC(=O)C(C)NC(=O)CN2CCOCC2)C(=O)O)cc1. The molecule has 0 aliphatic carbocycles. The molecule has 160 valence electrons. The Morgan fingerprint density at radius 2 is 1.79 bits per heavy atom. The van der Waals surface area contributed by atoms with Gasteiger partial charge in [-0.3, -0.25) is 14.5 Å². The molecule has 2 amide bonds. The number of amides is 2. The van der Waals surface area contributed by atoms with E-state index in [1.54, 1.807) is 12.1 Å². The monoisotopic (exact) mass is 409 g/mol. The van der Waals surface area contributed by atoms with Gasteiger partial charge in [0.25, 0.3) is 0 Å². The number of carboxylic acid groups (broad SMARTS) is 1. The molecule has 0 bridgehead atoms. The van der Waals surface area contributed by atoms with Crippen LogP contribution in [0.4, 0.5) is 0 Å². The van der Waals surface area contributed by atoms with E-state index >= 15 is 0 Å². The quantitative estimate of drug-likeness (QED) is 0.413. The Bertz CT molecular complexity index is 704. The maximum atomic E-state index is 12.4. The van der Waals surface area contributed by atoms with E-state index in [4.69, 9.17) is 9.47 Å². The van der Waals surface area contributed by atoms with E-state index in [9.17, 15) is 24.6 Å². The number of methoxy groups -OCH3 is 1. The Morgan fingerprint density at radius 1 is 1.17 bits per heavy atom. The molecule has 0 radical (unpaired) electrons. The van der Waals surface area contributed by atoms with E-state index in [1.165, 1.54) is 26.2 Å². The Balaban J connectivity index is 1.93. The molecule has 10 heteroatoms. The van der Waals surface area contributed by atoms with Crippen LogP contribution in [0.1, 0.15) is 18.6 Å². The van der Waals surface area contributed by atoms with Crippen molar-refractivity contribution < 1.29 is 34.1 Å². The van der Waals surface area contributed by atoms with Gasteiger partial charge in [-0.15, -0.1) is 0 Å². The summed E-state index contributed by atoms with van der Waals surface area (Å²) in [6, 6.07) is 3.64. The van der Waals surface area contributed by atoms with Crippen LogP contribution >= 0.6 is 0 Å². The van der Waals surface area contributed by atoms with Crippen LogP contribution in [0.15, 0.2) is 24.3 Å². The van der Waals surface area contributed by atoms with Crippen LogP contribution in [-0.4, -0.2) is 84.9 Å². The van der Waals surface area contributed by atoms with Crippen molar-refractivity contribution in [3.63, 3.8) is 0 Å². The standard InChI is InChI=1S/C19H27N3O7/c1-12(20-15(23)11-22-7-9-29-10-8-22)18(25)21-16(19(26)27)17(24)13-3-5-14(28-2)6-4-13/h3-6,12,16-17,24H,7-11H2,1-2H3,(H,20,23)(H,21,25)(H,26,27)/t12?,16-,17-/m1/s1. The summed E-state index contributed by atoms with van der Waals surface area (Å²) < 4.78 is 10.2. The molecule has 0 aromatic heterocycles. The lowest BCUT2D eigenvalue weighted by Crippen LogP contribution is -2.53. The number of aliphatic hydroxyl groups excluding tert-OH is 1. The van der Waals surface area contributed by atoms with Gasteiger partial charge in [-0.1, -0.05) is 12.1 Å². The molecule has 2 rings (SSSR count). The van der Waals surface area contributed by atoms with Crippen LogP contribution in [0.3, 0.4) is 0 Å². The van der Waals surface area contributed by atoms with E-state index in [2.05, 4.69) is 10.6 Å². The summed E-state index contributed by atoms with van der Waals surface area (Å²) >= 11 is 0. The number of carbonyl (C=O) groups is 3. The first-order valence-electron chi connectivity index (χ1n) is 9.26. The Hall–Kier alpha value is -2.69. The molecule has 1 aliphatic rings. The third-order valence-electron chi connectivity index (χ3n) is 4.58. The zero-order valence-electron chi connectivity index (χ0n) is 16.5. The smallest absolute Gasteiger partial charge is 0.329 e. The molecule has 1 saturated heterocycles. The lowest BCUT2D eigenvalue weighted by atomic mass is 10.0. The number of carboxylic acids is 1. The largest absolute Gasteiger partial charge is 0.497 e. The summed E-state index contributed by atoms with van der Waals surface area (Å²) in [5.41, 5.74) is 0.308. The predicted molar refractivity (Wildman–Crippen MR) is 102 cm³/mol. The van der Waals surface area contributed by atoms with Crippen LogP contribution in [-0.2, 0) is 19.1 Å². The van der Waals surface area contributed by atoms with Crippen molar-refractivity contribution in [2.24, 2.45) is 0 Å². The zero-order chi connectivity index (χ0) is 21.4. The molecule has 1 unspecified atom stereocenters. The van der Waals surface area contributed by atoms with E-state index < -0.39 is 30.1 Å². The van der Waals surface area contributed by atoms with Crippen molar-refractivity contribution in [2.75, 3.05) is 40.0 Å². The Kier molecular flexibility index (Phi) is 8.37. The van der Waals surface area contributed by atoms with Crippen molar-refractivity contribution in [3.05, 3.63) is 29.8 Å². The van der Waals surface area contributed by atoms with E-state index in [-0.39, 0.29) is 12.5 Å². The third-order valence-corrected chi connectivity index (χ3v) is 4.58. The van der Waals surface area contributed by atoms with Crippen LogP contribution in [0.25, 0.3) is 0 Å². The normalized spacial score (nSPS) is 17.6. The van der Waals surface area contributed by atoms with E-state index in [0.29, 0.717) is 37.6 Å². The second-order valence-corrected chi connectivity index (χ2v) is 6.72. The molecule has 1 heterocycles. The van der Waals surface area contributed by atoms with Crippen LogP contribution in [0.5, 0.6) is 5.75 Å². The fraction of sp³-hybridized carbons (Fsp3) is 0.526. The Labute approximate surface area is 168 Å². The van der Waals surface area contributed by atoms with E-state index in [1.807, 2.05) is 4.90 Å². The number of hydrogen-bond donors (Lipinski definition) is 4. The topological polar surface area (TPSA) is 137 Å². The van der Waals surface area contributed by atoms with Gasteiger partial charge in [0.2, 0.25) is 11.8 Å². The molecule has 1 aliphatic heterocycles. The highest BCUT2D eigenvalue weighted by Crippen LogP contribution is 2.20. The van der Waals surface area contributed by atoms with Gasteiger partial charge >= 0.3 is 5.97 Å². The van der Waals surface area contributed by atoms with Crippen molar-refractivity contribution in [1.82, 2.24) is 15.5 Å². The minimum absolute atomic E-state index is 0.123. The number of aliphatic carboxylic acids is 1. The second-order valence-electron chi connectivity index (χ2n) is 6.72. The van der Waals surface area contributed by atoms with Gasteiger partial charge in [0.05, 0.1) is 26.9 Å². The molecule has 1 fully saturated rings. The van der Waals surface area contributed by atoms with Crippen molar-refractivity contribution in [2.45, 2.75) is 25.1 Å². The molecule has 3 atom stereocenters. The molecular formula is C19H27N3O7. The third kappa shape index (κ3) is 6.70. The minimum Gasteiger partial charge on any atom is -0.497 e. The fourth-order valence-electron chi connectivity index (χ4n) is 2.86. The molecule has 29 heavy (non-hydrogen) atoms. The molecule has 0 saturated carbocycles. The van der Waals surface area contributed by atoms with Gasteiger partial charge in [0.15, 0.2) is 6.04 Å². The number of hydrogen-bond acceptors (Lipinski definition) is 7. The molecule has 10 nitrogen and oxygen atoms in total. The second kappa shape index (κ2) is 10.7. The number of carbonyl (C=O) groups excluding carboxylic acids is 2. The van der Waals surface area contributed by atoms with Gasteiger partial charge in [-0.25, -0.2) is 4.79 Å². The maximum absolute atomic E-state index is 12.4. The van der Waals surface area contributed by atoms with Crippen LogP contribution < -0.4 is 15.4 Å². The van der Waals surface area contributed by atoms with Gasteiger partial charge in [0.1, 0.15) is 17.9 Å². The lowest BCUT2D eigenvalue weighted by molar-refractivity contribution is -0.145. The number of morpholine rings is 1. The van der Waals surface area contributed by atoms with Crippen LogP contribution in [0, 0.1) is 0 Å². The van der Waals surface area contributed by atoms with Gasteiger partial charge < -0.3 is 30.3 Å². The highest BCUT2D eigenvalue weighted by atomic mass is 16.5. The molecule has 1 aromatic carbocycles. The summed E-state index contributed by atoms with van der Waals surface area (Å²) in [6.07, 6.45) is -1.47. The van der Waals surface area contributed by atoms with Crippen molar-refractivity contribution in [1.29, 1.82) is 0 Å². The summed E-state index contributed by atoms with van der Waals surface area (Å²) in [7, 11) is 1.49. The summed E-state index contributed by atoms with van der Waals surface area (Å²) in [6.45, 7) is 3.93. The first kappa shape index (κ1) is 22.6. The number of nitrogens with zero attached hydrogens (tertiary/aromatic N) is 1. The summed E-state index contributed by atoms with van der Waals surface area (Å²) in [4.78, 5) is 38.0. The van der Waals surface area contributed by atoms with Crippen molar-refractivity contribution in [3.8, 4) is 5.75 Å². The number of ether oxygens (including phenoxy) is 2. The van der Waals surface area contributed by atoms with Crippen molar-refractivity contribution >= 4 is 17.8 Å². The van der Waals surface area contributed by atoms with Gasteiger partial charge in [0, 0.05) is 13.1 Å².